The van der Waals surface area contributed by atoms with Gasteiger partial charge in [0, 0.05) is 10.9 Å². The van der Waals surface area contributed by atoms with Gasteiger partial charge in [0.25, 0.3) is 0 Å². The Morgan fingerprint density at radius 2 is 2.00 bits per heavy atom. The van der Waals surface area contributed by atoms with E-state index in [1.54, 1.807) is 0 Å². The van der Waals surface area contributed by atoms with Crippen molar-refractivity contribution in [2.24, 2.45) is 0 Å². The van der Waals surface area contributed by atoms with Crippen molar-refractivity contribution < 1.29 is 4.74 Å². The number of fused-ring (bicyclic) bond motifs is 2. The van der Waals surface area contributed by atoms with Gasteiger partial charge < -0.3 is 4.74 Å². The van der Waals surface area contributed by atoms with E-state index < -0.39 is 0 Å². The second-order valence-electron chi connectivity index (χ2n) is 6.69. The smallest absolute Gasteiger partial charge is 0.218 e. The summed E-state index contributed by atoms with van der Waals surface area (Å²) in [5, 5.41) is 10.2. The summed E-state index contributed by atoms with van der Waals surface area (Å²) in [6.45, 7) is 3.08. The van der Waals surface area contributed by atoms with E-state index >= 15 is 0 Å². The average Bonchev–Trinajstić information content (AvgIpc) is 3.13. The highest BCUT2D eigenvalue weighted by Crippen LogP contribution is 2.39. The largest absolute Gasteiger partial charge is 0.475 e. The van der Waals surface area contributed by atoms with E-state index in [-0.39, 0.29) is 5.54 Å². The molecule has 0 amide bonds. The van der Waals surface area contributed by atoms with Crippen LogP contribution in [0.4, 0.5) is 0 Å². The molecule has 0 bridgehead atoms. The highest BCUT2D eigenvalue weighted by molar-refractivity contribution is 5.80. The van der Waals surface area contributed by atoms with Crippen LogP contribution in [0.2, 0.25) is 0 Å². The normalized spacial score (nSPS) is 19.6. The molecule has 118 valence electrons. The van der Waals surface area contributed by atoms with Crippen LogP contribution in [-0.4, -0.2) is 35.1 Å². The number of hydrogen-bond acceptors (Lipinski definition) is 4. The molecule has 2 aromatic rings. The summed E-state index contributed by atoms with van der Waals surface area (Å²) in [7, 11) is 0. The van der Waals surface area contributed by atoms with Gasteiger partial charge in [0.1, 0.15) is 6.61 Å². The summed E-state index contributed by atoms with van der Waals surface area (Å²) in [6.07, 6.45) is 5.30. The molecule has 0 spiro atoms. The molecule has 4 heteroatoms. The molecule has 1 aromatic heterocycles. The number of hydrogen-bond donors (Lipinski definition) is 0. The fourth-order valence-corrected chi connectivity index (χ4v) is 4.14. The van der Waals surface area contributed by atoms with Crippen molar-refractivity contribution in [3.63, 3.8) is 0 Å². The molecule has 2 aliphatic heterocycles. The van der Waals surface area contributed by atoms with Crippen LogP contribution in [-0.2, 0) is 6.42 Å². The zero-order chi connectivity index (χ0) is 15.7. The van der Waals surface area contributed by atoms with Crippen LogP contribution in [0.1, 0.15) is 31.2 Å². The van der Waals surface area contributed by atoms with E-state index in [9.17, 15) is 0 Å². The second-order valence-corrected chi connectivity index (χ2v) is 6.69. The fraction of sp³-hybridized carbons (Fsp3) is 0.474. The first-order valence-corrected chi connectivity index (χ1v) is 8.44. The number of ether oxygens (including phenoxy) is 1. The molecule has 3 heterocycles. The molecular weight excluding hydrogens is 286 g/mol. The van der Waals surface area contributed by atoms with Crippen molar-refractivity contribution in [1.82, 2.24) is 9.88 Å². The third-order valence-electron chi connectivity index (χ3n) is 5.32. The van der Waals surface area contributed by atoms with Crippen LogP contribution in [0.3, 0.4) is 0 Å². The average molecular weight is 307 g/mol. The predicted octanol–water partition coefficient (Wildman–Crippen LogP) is 3.31. The molecule has 0 unspecified atom stereocenters. The standard InChI is InChI=1S/C19H21N3O/c20-10-7-16-13-15-5-1-2-6-17(15)21-18(16)23-14-19-8-3-11-22(19)12-4-9-19/h1-2,5-6,13H,3-4,7-9,11-12,14H2. The van der Waals surface area contributed by atoms with Crippen molar-refractivity contribution in [3.05, 3.63) is 35.9 Å². The van der Waals surface area contributed by atoms with Gasteiger partial charge in [-0.05, 0) is 50.9 Å². The molecule has 0 saturated carbocycles. The molecule has 2 fully saturated rings. The monoisotopic (exact) mass is 307 g/mol. The summed E-state index contributed by atoms with van der Waals surface area (Å²) in [6, 6.07) is 12.3. The van der Waals surface area contributed by atoms with Crippen LogP contribution < -0.4 is 4.74 Å². The quantitative estimate of drug-likeness (QED) is 0.869. The third-order valence-corrected chi connectivity index (χ3v) is 5.32. The topological polar surface area (TPSA) is 49.1 Å². The number of nitrogens with zero attached hydrogens (tertiary/aromatic N) is 3. The number of nitriles is 1. The minimum Gasteiger partial charge on any atom is -0.475 e. The number of para-hydroxylation sites is 1. The number of rotatable bonds is 4. The summed E-state index contributed by atoms with van der Waals surface area (Å²) >= 11 is 0. The maximum atomic E-state index is 9.10. The Kier molecular flexibility index (Phi) is 3.66. The van der Waals surface area contributed by atoms with Gasteiger partial charge in [-0.1, -0.05) is 18.2 Å². The Morgan fingerprint density at radius 1 is 1.22 bits per heavy atom. The lowest BCUT2D eigenvalue weighted by Crippen LogP contribution is -2.43. The van der Waals surface area contributed by atoms with Gasteiger partial charge in [0.05, 0.1) is 23.5 Å². The lowest BCUT2D eigenvalue weighted by molar-refractivity contribution is 0.110. The molecule has 0 N–H and O–H groups in total. The molecule has 4 rings (SSSR count). The molecule has 4 nitrogen and oxygen atoms in total. The molecular formula is C19H21N3O. The maximum Gasteiger partial charge on any atom is 0.218 e. The highest BCUT2D eigenvalue weighted by atomic mass is 16.5. The lowest BCUT2D eigenvalue weighted by Gasteiger charge is -2.31. The Balaban J connectivity index is 1.62. The Hall–Kier alpha value is -2.12. The van der Waals surface area contributed by atoms with Crippen molar-refractivity contribution >= 4 is 10.9 Å². The maximum absolute atomic E-state index is 9.10. The van der Waals surface area contributed by atoms with E-state index in [1.165, 1.54) is 38.8 Å². The van der Waals surface area contributed by atoms with E-state index in [2.05, 4.69) is 16.0 Å². The lowest BCUT2D eigenvalue weighted by atomic mass is 9.95. The molecule has 1 aromatic carbocycles. The van der Waals surface area contributed by atoms with Gasteiger partial charge in [0.2, 0.25) is 5.88 Å². The van der Waals surface area contributed by atoms with Crippen LogP contribution in [0.25, 0.3) is 10.9 Å². The zero-order valence-electron chi connectivity index (χ0n) is 13.3. The number of aromatic nitrogens is 1. The van der Waals surface area contributed by atoms with Gasteiger partial charge >= 0.3 is 0 Å². The van der Waals surface area contributed by atoms with E-state index in [0.717, 1.165) is 16.5 Å². The van der Waals surface area contributed by atoms with Gasteiger partial charge in [-0.2, -0.15) is 5.26 Å². The molecule has 0 radical (unpaired) electrons. The van der Waals surface area contributed by atoms with Crippen molar-refractivity contribution in [3.8, 4) is 11.9 Å². The Morgan fingerprint density at radius 3 is 2.78 bits per heavy atom. The van der Waals surface area contributed by atoms with Crippen LogP contribution in [0.15, 0.2) is 30.3 Å². The van der Waals surface area contributed by atoms with E-state index in [1.807, 2.05) is 30.3 Å². The van der Waals surface area contributed by atoms with Crippen molar-refractivity contribution in [2.45, 2.75) is 37.6 Å². The van der Waals surface area contributed by atoms with Gasteiger partial charge in [0.15, 0.2) is 0 Å². The first-order chi connectivity index (χ1) is 11.3. The molecule has 0 aliphatic carbocycles. The number of benzene rings is 1. The summed E-state index contributed by atoms with van der Waals surface area (Å²) in [5.74, 6) is 0.637. The number of pyridine rings is 1. The van der Waals surface area contributed by atoms with Crippen molar-refractivity contribution in [1.29, 1.82) is 5.26 Å². The minimum absolute atomic E-state index is 0.206. The Bertz CT molecular complexity index is 755. The Labute approximate surface area is 136 Å². The first kappa shape index (κ1) is 14.5. The van der Waals surface area contributed by atoms with E-state index in [4.69, 9.17) is 10.00 Å². The summed E-state index contributed by atoms with van der Waals surface area (Å²) < 4.78 is 6.18. The first-order valence-electron chi connectivity index (χ1n) is 8.44. The van der Waals surface area contributed by atoms with Crippen LogP contribution in [0, 0.1) is 11.3 Å². The zero-order valence-corrected chi connectivity index (χ0v) is 13.3. The van der Waals surface area contributed by atoms with Crippen LogP contribution in [0.5, 0.6) is 5.88 Å². The van der Waals surface area contributed by atoms with Gasteiger partial charge in [-0.3, -0.25) is 4.90 Å². The van der Waals surface area contributed by atoms with Gasteiger partial charge in [-0.15, -0.1) is 0 Å². The SMILES string of the molecule is N#CCc1cc2ccccc2nc1OCC12CCCN1CCC2. The second kappa shape index (κ2) is 5.82. The molecule has 23 heavy (non-hydrogen) atoms. The van der Waals surface area contributed by atoms with Crippen LogP contribution >= 0.6 is 0 Å². The summed E-state index contributed by atoms with van der Waals surface area (Å²) in [5.41, 5.74) is 2.03. The highest BCUT2D eigenvalue weighted by Gasteiger charge is 2.44. The molecule has 2 saturated heterocycles. The fourth-order valence-electron chi connectivity index (χ4n) is 4.14. The molecule has 0 atom stereocenters. The van der Waals surface area contributed by atoms with Crippen molar-refractivity contribution in [2.75, 3.05) is 19.7 Å². The third kappa shape index (κ3) is 2.55. The van der Waals surface area contributed by atoms with E-state index in [0.29, 0.717) is 18.9 Å². The predicted molar refractivity (Wildman–Crippen MR) is 89.3 cm³/mol. The minimum atomic E-state index is 0.206. The van der Waals surface area contributed by atoms with Gasteiger partial charge in [-0.25, -0.2) is 4.98 Å². The summed E-state index contributed by atoms with van der Waals surface area (Å²) in [4.78, 5) is 7.26. The molecule has 2 aliphatic rings.